The van der Waals surface area contributed by atoms with E-state index in [0.717, 1.165) is 18.7 Å². The monoisotopic (exact) mass is 376 g/mol. The van der Waals surface area contributed by atoms with E-state index in [1.807, 2.05) is 49.0 Å². The van der Waals surface area contributed by atoms with E-state index in [1.54, 1.807) is 0 Å². The topological polar surface area (TPSA) is 35.5 Å². The molecule has 3 aromatic rings. The smallest absolute Gasteiger partial charge is 0.0940 e. The Balaban J connectivity index is 1.45. The maximum absolute atomic E-state index is 10.6. The molecule has 0 spiro atoms. The standard InChI is InChI=1S/C23H24N2OS/c1-17(23(26)18-9-3-2-4-10-18)24-15-16-25-19-11-5-7-13-21(19)27-22-14-8-6-12-20(22)25/h2-14,17,23-24,26H,15-16H2,1H3. The first-order valence-corrected chi connectivity index (χ1v) is 10.2. The van der Waals surface area contributed by atoms with Gasteiger partial charge in [0.2, 0.25) is 0 Å². The molecule has 2 unspecified atom stereocenters. The Kier molecular flexibility index (Phi) is 5.48. The average Bonchev–Trinajstić information content (AvgIpc) is 2.73. The van der Waals surface area contributed by atoms with Gasteiger partial charge in [-0.05, 0) is 36.8 Å². The molecule has 2 N–H and O–H groups in total. The van der Waals surface area contributed by atoms with Gasteiger partial charge in [0.25, 0.3) is 0 Å². The van der Waals surface area contributed by atoms with Gasteiger partial charge >= 0.3 is 0 Å². The molecule has 0 amide bonds. The molecule has 4 heteroatoms. The molecule has 0 bridgehead atoms. The fourth-order valence-corrected chi connectivity index (χ4v) is 4.57. The van der Waals surface area contributed by atoms with Crippen LogP contribution in [0.25, 0.3) is 0 Å². The minimum absolute atomic E-state index is 0.0166. The summed E-state index contributed by atoms with van der Waals surface area (Å²) < 4.78 is 0. The van der Waals surface area contributed by atoms with Crippen molar-refractivity contribution in [3.63, 3.8) is 0 Å². The first-order valence-electron chi connectivity index (χ1n) is 9.34. The van der Waals surface area contributed by atoms with Crippen LogP contribution in [-0.4, -0.2) is 24.2 Å². The predicted octanol–water partition coefficient (Wildman–Crippen LogP) is 5.00. The quantitative estimate of drug-likeness (QED) is 0.634. The van der Waals surface area contributed by atoms with E-state index < -0.39 is 6.10 Å². The van der Waals surface area contributed by atoms with Crippen LogP contribution in [0.2, 0.25) is 0 Å². The Morgan fingerprint density at radius 1 is 0.852 bits per heavy atom. The molecular weight excluding hydrogens is 352 g/mol. The van der Waals surface area contributed by atoms with Gasteiger partial charge in [-0.3, -0.25) is 0 Å². The van der Waals surface area contributed by atoms with Crippen molar-refractivity contribution in [3.05, 3.63) is 84.4 Å². The molecule has 4 rings (SSSR count). The fourth-order valence-electron chi connectivity index (χ4n) is 3.48. The molecule has 0 saturated heterocycles. The minimum atomic E-state index is -0.511. The summed E-state index contributed by atoms with van der Waals surface area (Å²) >= 11 is 1.83. The van der Waals surface area contributed by atoms with E-state index in [4.69, 9.17) is 0 Å². The van der Waals surface area contributed by atoms with E-state index >= 15 is 0 Å². The van der Waals surface area contributed by atoms with Gasteiger partial charge in [-0.2, -0.15) is 0 Å². The lowest BCUT2D eigenvalue weighted by molar-refractivity contribution is 0.137. The molecule has 1 aliphatic rings. The van der Waals surface area contributed by atoms with Crippen LogP contribution < -0.4 is 10.2 Å². The summed E-state index contributed by atoms with van der Waals surface area (Å²) in [4.78, 5) is 4.94. The van der Waals surface area contributed by atoms with Crippen LogP contribution in [0.1, 0.15) is 18.6 Å². The van der Waals surface area contributed by atoms with Crippen LogP contribution in [-0.2, 0) is 0 Å². The van der Waals surface area contributed by atoms with Gasteiger partial charge in [-0.25, -0.2) is 0 Å². The molecule has 3 aromatic carbocycles. The Bertz CT molecular complexity index is 854. The average molecular weight is 377 g/mol. The number of benzene rings is 3. The van der Waals surface area contributed by atoms with Crippen LogP contribution in [0.3, 0.4) is 0 Å². The Labute approximate surface area is 165 Å². The Morgan fingerprint density at radius 3 is 2.04 bits per heavy atom. The zero-order valence-corrected chi connectivity index (χ0v) is 16.2. The summed E-state index contributed by atoms with van der Waals surface area (Å²) in [5.74, 6) is 0. The van der Waals surface area contributed by atoms with Gasteiger partial charge in [-0.15, -0.1) is 0 Å². The number of hydrogen-bond donors (Lipinski definition) is 2. The number of aliphatic hydroxyl groups excluding tert-OH is 1. The number of fused-ring (bicyclic) bond motifs is 2. The van der Waals surface area contributed by atoms with Gasteiger partial charge in [0.05, 0.1) is 17.5 Å². The van der Waals surface area contributed by atoms with Crippen molar-refractivity contribution in [2.24, 2.45) is 0 Å². The number of aliphatic hydroxyl groups is 1. The molecule has 2 atom stereocenters. The summed E-state index contributed by atoms with van der Waals surface area (Å²) in [6.07, 6.45) is -0.511. The van der Waals surface area contributed by atoms with E-state index in [1.165, 1.54) is 21.2 Å². The van der Waals surface area contributed by atoms with E-state index in [-0.39, 0.29) is 6.04 Å². The molecule has 0 fully saturated rings. The van der Waals surface area contributed by atoms with Crippen LogP contribution in [0.4, 0.5) is 11.4 Å². The largest absolute Gasteiger partial charge is 0.387 e. The third-order valence-corrected chi connectivity index (χ3v) is 6.08. The van der Waals surface area contributed by atoms with Crippen LogP contribution in [0.5, 0.6) is 0 Å². The van der Waals surface area contributed by atoms with Gasteiger partial charge in [0.1, 0.15) is 0 Å². The maximum atomic E-state index is 10.6. The molecule has 0 aromatic heterocycles. The van der Waals surface area contributed by atoms with Crippen LogP contribution in [0.15, 0.2) is 88.7 Å². The zero-order chi connectivity index (χ0) is 18.6. The minimum Gasteiger partial charge on any atom is -0.387 e. The highest BCUT2D eigenvalue weighted by molar-refractivity contribution is 7.99. The van der Waals surface area contributed by atoms with Crippen molar-refractivity contribution in [1.82, 2.24) is 5.32 Å². The van der Waals surface area contributed by atoms with Crippen molar-refractivity contribution >= 4 is 23.1 Å². The summed E-state index contributed by atoms with van der Waals surface area (Å²) in [5.41, 5.74) is 3.45. The number of anilines is 2. The van der Waals surface area contributed by atoms with Crippen molar-refractivity contribution in [1.29, 1.82) is 0 Å². The molecule has 1 heterocycles. The van der Waals surface area contributed by atoms with Gasteiger partial charge in [-0.1, -0.05) is 66.4 Å². The fraction of sp³-hybridized carbons (Fsp3) is 0.217. The lowest BCUT2D eigenvalue weighted by atomic mass is 10.0. The molecule has 27 heavy (non-hydrogen) atoms. The van der Waals surface area contributed by atoms with Crippen molar-refractivity contribution in [3.8, 4) is 0 Å². The molecule has 0 radical (unpaired) electrons. The Hall–Kier alpha value is -2.27. The lowest BCUT2D eigenvalue weighted by Gasteiger charge is -2.33. The number of rotatable bonds is 6. The Morgan fingerprint density at radius 2 is 1.41 bits per heavy atom. The number of hydrogen-bond acceptors (Lipinski definition) is 4. The second-order valence-electron chi connectivity index (χ2n) is 6.79. The third kappa shape index (κ3) is 3.88. The molecule has 138 valence electrons. The van der Waals surface area contributed by atoms with Crippen LogP contribution in [0, 0.1) is 0 Å². The normalized spacial score (nSPS) is 15.0. The van der Waals surface area contributed by atoms with Gasteiger partial charge in [0, 0.05) is 28.9 Å². The summed E-state index contributed by atoms with van der Waals surface area (Å²) in [7, 11) is 0. The molecule has 1 aliphatic heterocycles. The van der Waals surface area contributed by atoms with E-state index in [0.29, 0.717) is 0 Å². The SMILES string of the molecule is CC(NCCN1c2ccccc2Sc2ccccc21)C(O)c1ccccc1. The third-order valence-electron chi connectivity index (χ3n) is 4.95. The van der Waals surface area contributed by atoms with E-state index in [2.05, 4.69) is 58.7 Å². The highest BCUT2D eigenvalue weighted by Crippen LogP contribution is 2.47. The zero-order valence-electron chi connectivity index (χ0n) is 15.4. The summed E-state index contributed by atoms with van der Waals surface area (Å²) in [6, 6.07) is 26.9. The van der Waals surface area contributed by atoms with Crippen LogP contribution >= 0.6 is 11.8 Å². The highest BCUT2D eigenvalue weighted by atomic mass is 32.2. The highest BCUT2D eigenvalue weighted by Gasteiger charge is 2.23. The summed E-state index contributed by atoms with van der Waals surface area (Å²) in [6.45, 7) is 3.67. The van der Waals surface area contributed by atoms with Crippen molar-refractivity contribution < 1.29 is 5.11 Å². The molecular formula is C23H24N2OS. The first kappa shape index (κ1) is 18.1. The second-order valence-corrected chi connectivity index (χ2v) is 7.87. The van der Waals surface area contributed by atoms with Gasteiger partial charge < -0.3 is 15.3 Å². The predicted molar refractivity (Wildman–Crippen MR) is 113 cm³/mol. The van der Waals surface area contributed by atoms with E-state index in [9.17, 15) is 5.11 Å². The number of nitrogens with one attached hydrogen (secondary N) is 1. The van der Waals surface area contributed by atoms with Crippen molar-refractivity contribution in [2.75, 3.05) is 18.0 Å². The number of nitrogens with zero attached hydrogens (tertiary/aromatic N) is 1. The summed E-state index contributed by atoms with van der Waals surface area (Å²) in [5, 5.41) is 14.1. The molecule has 0 saturated carbocycles. The maximum Gasteiger partial charge on any atom is 0.0940 e. The molecule has 0 aliphatic carbocycles. The van der Waals surface area contributed by atoms with Crippen molar-refractivity contribution in [2.45, 2.75) is 28.9 Å². The second kappa shape index (κ2) is 8.17. The van der Waals surface area contributed by atoms with Gasteiger partial charge in [0.15, 0.2) is 0 Å². The first-order chi connectivity index (χ1) is 13.2. The lowest BCUT2D eigenvalue weighted by Crippen LogP contribution is -2.38. The molecule has 3 nitrogen and oxygen atoms in total. The number of para-hydroxylation sites is 2.